The van der Waals surface area contributed by atoms with E-state index in [9.17, 15) is 14.0 Å². The van der Waals surface area contributed by atoms with Crippen LogP contribution in [0.2, 0.25) is 0 Å². The van der Waals surface area contributed by atoms with Gasteiger partial charge in [0.05, 0.1) is 24.3 Å². The number of halogens is 1. The van der Waals surface area contributed by atoms with Crippen molar-refractivity contribution in [2.75, 3.05) is 13.7 Å². The molecule has 32 heavy (non-hydrogen) atoms. The Kier molecular flexibility index (Phi) is 6.58. The second-order valence-electron chi connectivity index (χ2n) is 8.84. The average molecular weight is 442 g/mol. The van der Waals surface area contributed by atoms with Gasteiger partial charge in [0, 0.05) is 28.3 Å². The number of hydrogen-bond donors (Lipinski definition) is 2. The van der Waals surface area contributed by atoms with Crippen molar-refractivity contribution in [3.05, 3.63) is 29.5 Å². The number of benzene rings is 1. The number of carbonyl (C=O) groups excluding carboxylic acids is 2. The minimum absolute atomic E-state index is 0.0552. The molecule has 1 saturated heterocycles. The molecule has 0 aliphatic carbocycles. The number of fused-ring (bicyclic) bond motifs is 1. The van der Waals surface area contributed by atoms with Crippen LogP contribution >= 0.6 is 0 Å². The number of carbonyl (C=O) groups is 2. The third kappa shape index (κ3) is 4.77. The zero-order valence-corrected chi connectivity index (χ0v) is 18.9. The van der Waals surface area contributed by atoms with Crippen LogP contribution in [0.5, 0.6) is 11.6 Å². The highest BCUT2D eigenvalue weighted by molar-refractivity contribution is 6.03. The molecule has 0 unspecified atom stereocenters. The van der Waals surface area contributed by atoms with Crippen LogP contribution in [0, 0.1) is 23.2 Å². The number of amides is 2. The monoisotopic (exact) mass is 441 g/mol. The normalized spacial score (nSPS) is 20.4. The van der Waals surface area contributed by atoms with Crippen LogP contribution in [0.4, 0.5) is 4.39 Å². The summed E-state index contributed by atoms with van der Waals surface area (Å²) in [6.07, 6.45) is 0.515. The van der Waals surface area contributed by atoms with Gasteiger partial charge in [-0.1, -0.05) is 18.8 Å². The van der Waals surface area contributed by atoms with Crippen LogP contribution < -0.4 is 20.5 Å². The number of primary amides is 1. The van der Waals surface area contributed by atoms with Gasteiger partial charge in [-0.25, -0.2) is 9.37 Å². The first-order valence-electron chi connectivity index (χ1n) is 10.5. The molecule has 0 saturated carbocycles. The van der Waals surface area contributed by atoms with Gasteiger partial charge >= 0.3 is 0 Å². The van der Waals surface area contributed by atoms with Gasteiger partial charge in [-0.3, -0.25) is 9.59 Å². The van der Waals surface area contributed by atoms with Crippen LogP contribution in [0.15, 0.2) is 18.3 Å². The molecule has 1 aromatic heterocycles. The van der Waals surface area contributed by atoms with Crippen LogP contribution in [0.1, 0.15) is 50.0 Å². The highest BCUT2D eigenvalue weighted by Crippen LogP contribution is 2.33. The number of alkyl halides is 1. The molecule has 2 amide bonds. The maximum atomic E-state index is 14.1. The van der Waals surface area contributed by atoms with Crippen molar-refractivity contribution in [2.45, 2.75) is 46.3 Å². The Bertz CT molecular complexity index is 1110. The molecular formula is C24H28FN3O4. The third-order valence-corrected chi connectivity index (χ3v) is 5.35. The van der Waals surface area contributed by atoms with E-state index in [0.29, 0.717) is 22.8 Å². The van der Waals surface area contributed by atoms with Gasteiger partial charge in [0.15, 0.2) is 6.17 Å². The summed E-state index contributed by atoms with van der Waals surface area (Å²) in [4.78, 5) is 28.1. The lowest BCUT2D eigenvalue weighted by molar-refractivity contribution is -0.123. The summed E-state index contributed by atoms with van der Waals surface area (Å²) in [7, 11) is 1.44. The topological polar surface area (TPSA) is 104 Å². The number of ether oxygens (including phenoxy) is 2. The summed E-state index contributed by atoms with van der Waals surface area (Å²) >= 11 is 0. The molecule has 1 aliphatic heterocycles. The maximum Gasteiger partial charge on any atom is 0.255 e. The van der Waals surface area contributed by atoms with E-state index in [1.54, 1.807) is 18.3 Å². The Morgan fingerprint density at radius 2 is 2.03 bits per heavy atom. The Morgan fingerprint density at radius 3 is 2.62 bits per heavy atom. The van der Waals surface area contributed by atoms with Crippen LogP contribution in [-0.4, -0.2) is 42.7 Å². The van der Waals surface area contributed by atoms with Crippen LogP contribution in [0.3, 0.4) is 0 Å². The van der Waals surface area contributed by atoms with Crippen LogP contribution in [0.25, 0.3) is 10.8 Å². The third-order valence-electron chi connectivity index (χ3n) is 5.35. The lowest BCUT2D eigenvalue weighted by Gasteiger charge is -2.19. The molecule has 0 radical (unpaired) electrons. The second-order valence-corrected chi connectivity index (χ2v) is 8.84. The summed E-state index contributed by atoms with van der Waals surface area (Å²) in [6, 6.07) is 2.77. The van der Waals surface area contributed by atoms with E-state index in [4.69, 9.17) is 15.2 Å². The van der Waals surface area contributed by atoms with Crippen molar-refractivity contribution in [3.63, 3.8) is 0 Å². The highest BCUT2D eigenvalue weighted by atomic mass is 19.1. The Labute approximate surface area is 186 Å². The van der Waals surface area contributed by atoms with Gasteiger partial charge in [-0.2, -0.15) is 0 Å². The van der Waals surface area contributed by atoms with Gasteiger partial charge in [0.1, 0.15) is 12.4 Å². The first-order valence-corrected chi connectivity index (χ1v) is 10.5. The molecule has 0 spiro atoms. The molecule has 170 valence electrons. The molecule has 1 fully saturated rings. The SMILES string of the molecule is CC[C@@H]1[C@H](F)C(=O)N[C@@H]1COc1ncc(C#CC(C)(C)C)c2cc(C(N)=O)c(OC)cc12. The molecule has 8 heteroatoms. The van der Waals surface area contributed by atoms with Gasteiger partial charge in [0.2, 0.25) is 5.88 Å². The summed E-state index contributed by atoms with van der Waals surface area (Å²) in [6.45, 7) is 7.85. The smallest absolute Gasteiger partial charge is 0.255 e. The molecule has 3 atom stereocenters. The van der Waals surface area contributed by atoms with Gasteiger partial charge in [0.25, 0.3) is 11.8 Å². The summed E-state index contributed by atoms with van der Waals surface area (Å²) < 4.78 is 25.4. The lowest BCUT2D eigenvalue weighted by Crippen LogP contribution is -2.34. The van der Waals surface area contributed by atoms with E-state index in [0.717, 1.165) is 0 Å². The van der Waals surface area contributed by atoms with E-state index in [2.05, 4.69) is 22.1 Å². The van der Waals surface area contributed by atoms with Crippen molar-refractivity contribution in [1.29, 1.82) is 0 Å². The molecule has 2 heterocycles. The van der Waals surface area contributed by atoms with E-state index in [1.807, 2.05) is 27.7 Å². The van der Waals surface area contributed by atoms with E-state index in [1.165, 1.54) is 7.11 Å². The fourth-order valence-electron chi connectivity index (χ4n) is 3.67. The summed E-state index contributed by atoms with van der Waals surface area (Å²) in [5.74, 6) is 5.10. The molecule has 0 bridgehead atoms. The zero-order chi connectivity index (χ0) is 23.6. The fourth-order valence-corrected chi connectivity index (χ4v) is 3.67. The maximum absolute atomic E-state index is 14.1. The summed E-state index contributed by atoms with van der Waals surface area (Å²) in [5.41, 5.74) is 6.12. The molecule has 7 nitrogen and oxygen atoms in total. The van der Waals surface area contributed by atoms with Gasteiger partial charge in [-0.15, -0.1) is 0 Å². The first-order chi connectivity index (χ1) is 15.1. The second kappa shape index (κ2) is 9.03. The Morgan fingerprint density at radius 1 is 1.31 bits per heavy atom. The van der Waals surface area contributed by atoms with Crippen molar-refractivity contribution in [3.8, 4) is 23.5 Å². The molecule has 2 aromatic rings. The molecule has 1 aliphatic rings. The van der Waals surface area contributed by atoms with Crippen molar-refractivity contribution >= 4 is 22.6 Å². The predicted octanol–water partition coefficient (Wildman–Crippen LogP) is 2.98. The van der Waals surface area contributed by atoms with E-state index < -0.39 is 29.9 Å². The average Bonchev–Trinajstić information content (AvgIpc) is 3.01. The minimum Gasteiger partial charge on any atom is -0.496 e. The number of aromatic nitrogens is 1. The molecular weight excluding hydrogens is 413 g/mol. The Hall–Kier alpha value is -3.34. The predicted molar refractivity (Wildman–Crippen MR) is 119 cm³/mol. The molecule has 3 rings (SSSR count). The van der Waals surface area contributed by atoms with Crippen LogP contribution in [-0.2, 0) is 4.79 Å². The standard InChI is InChI=1S/C24H28FN3O4/c1-6-14-18(28-22(30)20(14)25)12-32-23-16-10-19(31-5)17(21(26)29)9-15(16)13(11-27-23)7-8-24(2,3)4/h9-11,14,18,20H,6,12H2,1-5H3,(H2,26,29)(H,28,30)/t14-,18+,20-/m0/s1. The fraction of sp³-hybridized carbons (Fsp3) is 0.458. The quantitative estimate of drug-likeness (QED) is 0.671. The highest BCUT2D eigenvalue weighted by Gasteiger charge is 2.41. The Balaban J connectivity index is 2.06. The molecule has 1 aromatic carbocycles. The number of hydrogen-bond acceptors (Lipinski definition) is 5. The number of nitrogens with one attached hydrogen (secondary N) is 1. The van der Waals surface area contributed by atoms with E-state index in [-0.39, 0.29) is 29.2 Å². The molecule has 3 N–H and O–H groups in total. The van der Waals surface area contributed by atoms with Gasteiger partial charge in [-0.05, 0) is 39.3 Å². The minimum atomic E-state index is -1.55. The largest absolute Gasteiger partial charge is 0.496 e. The number of nitrogens with two attached hydrogens (primary N) is 1. The van der Waals surface area contributed by atoms with Crippen molar-refractivity contribution in [1.82, 2.24) is 10.3 Å². The number of methoxy groups -OCH3 is 1. The first kappa shape index (κ1) is 23.3. The number of nitrogens with zero attached hydrogens (tertiary/aromatic N) is 1. The zero-order valence-electron chi connectivity index (χ0n) is 18.9. The lowest BCUT2D eigenvalue weighted by atomic mass is 9.96. The van der Waals surface area contributed by atoms with Crippen molar-refractivity contribution in [2.24, 2.45) is 17.1 Å². The number of pyridine rings is 1. The van der Waals surface area contributed by atoms with Gasteiger partial charge < -0.3 is 20.5 Å². The number of rotatable bonds is 6. The van der Waals surface area contributed by atoms with Crippen molar-refractivity contribution < 1.29 is 23.5 Å². The van der Waals surface area contributed by atoms with E-state index >= 15 is 0 Å². The summed E-state index contributed by atoms with van der Waals surface area (Å²) in [5, 5.41) is 3.85.